The molecule has 1 unspecified atom stereocenters. The highest BCUT2D eigenvalue weighted by Gasteiger charge is 2.31. The van der Waals surface area contributed by atoms with Gasteiger partial charge in [0.25, 0.3) is 5.91 Å². The van der Waals surface area contributed by atoms with Gasteiger partial charge in [0.05, 0.1) is 29.2 Å². The number of rotatable bonds is 5. The third kappa shape index (κ3) is 4.63. The van der Waals surface area contributed by atoms with Crippen LogP contribution in [0.4, 0.5) is 13.2 Å². The number of carbonyl (C=O) groups is 1. The molecule has 0 radical (unpaired) electrons. The average molecular weight is 376 g/mol. The fourth-order valence-corrected chi connectivity index (χ4v) is 2.48. The van der Waals surface area contributed by atoms with Crippen molar-refractivity contribution in [1.29, 1.82) is 0 Å². The molecule has 0 aliphatic heterocycles. The van der Waals surface area contributed by atoms with E-state index in [-0.39, 0.29) is 11.7 Å². The number of ether oxygens (including phenoxy) is 1. The zero-order valence-electron chi connectivity index (χ0n) is 14.1. The number of carbonyl (C=O) groups excluding carboxylic acids is 1. The first kappa shape index (κ1) is 18.4. The van der Waals surface area contributed by atoms with Gasteiger partial charge in [0.15, 0.2) is 0 Å². The van der Waals surface area contributed by atoms with E-state index in [4.69, 9.17) is 0 Å². The maximum atomic E-state index is 12.6. The van der Waals surface area contributed by atoms with Gasteiger partial charge in [-0.1, -0.05) is 18.2 Å². The Balaban J connectivity index is 1.71. The zero-order chi connectivity index (χ0) is 19.4. The quantitative estimate of drug-likeness (QED) is 0.709. The minimum atomic E-state index is -4.75. The fourth-order valence-electron chi connectivity index (χ4n) is 2.48. The van der Waals surface area contributed by atoms with Gasteiger partial charge in [0.1, 0.15) is 5.75 Å². The van der Waals surface area contributed by atoms with Crippen LogP contribution in [0.1, 0.15) is 28.9 Å². The fraction of sp³-hybridized carbons (Fsp3) is 0.167. The molecule has 3 aromatic rings. The number of nitrogens with zero attached hydrogens (tertiary/aromatic N) is 2. The van der Waals surface area contributed by atoms with Crippen molar-refractivity contribution in [3.63, 3.8) is 0 Å². The summed E-state index contributed by atoms with van der Waals surface area (Å²) in [6.07, 6.45) is -1.75. The lowest BCUT2D eigenvalue weighted by molar-refractivity contribution is -0.274. The first-order valence-electron chi connectivity index (χ1n) is 7.95. The molecule has 0 fully saturated rings. The van der Waals surface area contributed by atoms with E-state index >= 15 is 0 Å². The lowest BCUT2D eigenvalue weighted by Gasteiger charge is -2.15. The Kier molecular flexibility index (Phi) is 5.11. The highest BCUT2D eigenvalue weighted by molar-refractivity contribution is 5.99. The normalized spacial score (nSPS) is 12.4. The van der Waals surface area contributed by atoms with Crippen LogP contribution >= 0.6 is 0 Å². The van der Waals surface area contributed by atoms with Crippen LogP contribution in [0.25, 0.3) is 11.4 Å². The monoisotopic (exact) mass is 376 g/mol. The van der Waals surface area contributed by atoms with Crippen LogP contribution in [-0.2, 0) is 0 Å². The summed E-state index contributed by atoms with van der Waals surface area (Å²) in [4.78, 5) is 16.7. The molecular weight excluding hydrogens is 361 g/mol. The Labute approximate surface area is 152 Å². The zero-order valence-corrected chi connectivity index (χ0v) is 14.1. The van der Waals surface area contributed by atoms with Gasteiger partial charge in [-0.05, 0) is 36.8 Å². The number of alkyl halides is 3. The molecule has 0 saturated carbocycles. The second kappa shape index (κ2) is 7.48. The largest absolute Gasteiger partial charge is 0.573 e. The molecule has 1 amide bonds. The molecule has 1 atom stereocenters. The highest BCUT2D eigenvalue weighted by atomic mass is 19.4. The summed E-state index contributed by atoms with van der Waals surface area (Å²) in [6.45, 7) is 1.72. The molecule has 0 saturated heterocycles. The predicted octanol–water partition coefficient (Wildman–Crippen LogP) is 3.86. The summed E-state index contributed by atoms with van der Waals surface area (Å²) in [5.74, 6) is -0.704. The van der Waals surface area contributed by atoms with Gasteiger partial charge in [-0.2, -0.15) is 5.10 Å². The van der Waals surface area contributed by atoms with E-state index < -0.39 is 12.4 Å². The predicted molar refractivity (Wildman–Crippen MR) is 90.8 cm³/mol. The van der Waals surface area contributed by atoms with Crippen molar-refractivity contribution >= 4 is 5.91 Å². The molecule has 1 aromatic carbocycles. The average Bonchev–Trinajstić information content (AvgIpc) is 3.11. The van der Waals surface area contributed by atoms with Crippen LogP contribution in [0.5, 0.6) is 5.75 Å². The summed E-state index contributed by atoms with van der Waals surface area (Å²) in [5, 5.41) is 9.43. The van der Waals surface area contributed by atoms with Gasteiger partial charge in [0.2, 0.25) is 0 Å². The van der Waals surface area contributed by atoms with Crippen molar-refractivity contribution in [2.45, 2.75) is 19.3 Å². The van der Waals surface area contributed by atoms with Crippen molar-refractivity contribution in [2.24, 2.45) is 0 Å². The number of aromatic amines is 1. The van der Waals surface area contributed by atoms with Crippen LogP contribution in [0, 0.1) is 0 Å². The number of H-pyrrole nitrogens is 1. The van der Waals surface area contributed by atoms with Crippen molar-refractivity contribution in [3.8, 4) is 17.1 Å². The van der Waals surface area contributed by atoms with E-state index in [1.165, 1.54) is 30.5 Å². The topological polar surface area (TPSA) is 79.9 Å². The SMILES string of the molecule is CC(NC(=O)c1cn[nH]c1-c1ccccn1)c1ccc(OC(F)(F)F)cc1. The third-order valence-electron chi connectivity index (χ3n) is 3.77. The number of amides is 1. The number of aromatic nitrogens is 3. The molecule has 140 valence electrons. The Hall–Kier alpha value is -3.36. The molecule has 0 bridgehead atoms. The second-order valence-corrected chi connectivity index (χ2v) is 5.69. The van der Waals surface area contributed by atoms with Crippen molar-refractivity contribution in [3.05, 3.63) is 66.0 Å². The van der Waals surface area contributed by atoms with Gasteiger partial charge in [-0.25, -0.2) is 0 Å². The Morgan fingerprint density at radius 1 is 1.19 bits per heavy atom. The summed E-state index contributed by atoms with van der Waals surface area (Å²) in [6, 6.07) is 10.2. The van der Waals surface area contributed by atoms with Gasteiger partial charge in [-0.15, -0.1) is 13.2 Å². The molecule has 9 heteroatoms. The molecule has 3 rings (SSSR count). The smallest absolute Gasteiger partial charge is 0.406 e. The van der Waals surface area contributed by atoms with Gasteiger partial charge < -0.3 is 10.1 Å². The van der Waals surface area contributed by atoms with E-state index in [2.05, 4.69) is 25.2 Å². The number of halogens is 3. The molecule has 0 aliphatic carbocycles. The van der Waals surface area contributed by atoms with Gasteiger partial charge >= 0.3 is 6.36 Å². The number of hydrogen-bond donors (Lipinski definition) is 2. The van der Waals surface area contributed by atoms with Crippen molar-refractivity contribution < 1.29 is 22.7 Å². The van der Waals surface area contributed by atoms with E-state index in [1.807, 2.05) is 0 Å². The maximum absolute atomic E-state index is 12.6. The standard InChI is InChI=1S/C18H15F3N4O2/c1-11(12-5-7-13(8-6-12)27-18(19,20)21)24-17(26)14-10-23-25-16(14)15-4-2-3-9-22-15/h2-11H,1H3,(H,23,25)(H,24,26). The summed E-state index contributed by atoms with van der Waals surface area (Å²) >= 11 is 0. The van der Waals surface area contributed by atoms with Crippen LogP contribution < -0.4 is 10.1 Å². The Bertz CT molecular complexity index is 908. The number of benzene rings is 1. The van der Waals surface area contributed by atoms with E-state index in [1.54, 1.807) is 31.3 Å². The first-order chi connectivity index (χ1) is 12.8. The number of nitrogens with one attached hydrogen (secondary N) is 2. The lowest BCUT2D eigenvalue weighted by atomic mass is 10.1. The molecule has 27 heavy (non-hydrogen) atoms. The lowest BCUT2D eigenvalue weighted by Crippen LogP contribution is -2.26. The van der Waals surface area contributed by atoms with Crippen molar-refractivity contribution in [2.75, 3.05) is 0 Å². The second-order valence-electron chi connectivity index (χ2n) is 5.69. The van der Waals surface area contributed by atoms with Gasteiger partial charge in [-0.3, -0.25) is 14.9 Å². The van der Waals surface area contributed by atoms with E-state index in [9.17, 15) is 18.0 Å². The molecule has 0 spiro atoms. The molecule has 6 nitrogen and oxygen atoms in total. The summed E-state index contributed by atoms with van der Waals surface area (Å²) in [5.41, 5.74) is 1.99. The Morgan fingerprint density at radius 3 is 2.56 bits per heavy atom. The third-order valence-corrected chi connectivity index (χ3v) is 3.77. The van der Waals surface area contributed by atoms with Crippen LogP contribution in [0.3, 0.4) is 0 Å². The van der Waals surface area contributed by atoms with Crippen LogP contribution in [0.15, 0.2) is 54.9 Å². The van der Waals surface area contributed by atoms with Crippen molar-refractivity contribution in [1.82, 2.24) is 20.5 Å². The van der Waals surface area contributed by atoms with Crippen LogP contribution in [0.2, 0.25) is 0 Å². The summed E-state index contributed by atoms with van der Waals surface area (Å²) in [7, 11) is 0. The minimum Gasteiger partial charge on any atom is -0.406 e. The molecule has 2 N–H and O–H groups in total. The highest BCUT2D eigenvalue weighted by Crippen LogP contribution is 2.25. The molecule has 2 aromatic heterocycles. The van der Waals surface area contributed by atoms with E-state index in [0.717, 1.165) is 0 Å². The maximum Gasteiger partial charge on any atom is 0.573 e. The number of hydrogen-bond acceptors (Lipinski definition) is 4. The Morgan fingerprint density at radius 2 is 1.93 bits per heavy atom. The van der Waals surface area contributed by atoms with Crippen LogP contribution in [-0.4, -0.2) is 27.5 Å². The summed E-state index contributed by atoms with van der Waals surface area (Å²) < 4.78 is 40.5. The van der Waals surface area contributed by atoms with Gasteiger partial charge in [0, 0.05) is 6.20 Å². The molecule has 0 aliphatic rings. The van der Waals surface area contributed by atoms with E-state index in [0.29, 0.717) is 22.5 Å². The minimum absolute atomic E-state index is 0.317. The first-order valence-corrected chi connectivity index (χ1v) is 7.95. The molecule has 2 heterocycles. The number of pyridine rings is 1. The molecular formula is C18H15F3N4O2.